The standard InChI is InChI=1S/C10H12O4.C10H12O3/c1-7(2)13-14-9-6-4-3-5-8(9)10(11)12;1-7(2)13-10(12)8-5-3-4-6-9(8)11/h3-7H,1-2H3,(H,11,12);3-7,11H,1-2H3. The molecule has 0 heterocycles. The van der Waals surface area contributed by atoms with Crippen LogP contribution in [0.3, 0.4) is 0 Å². The topological polar surface area (TPSA) is 102 Å². The minimum atomic E-state index is -1.03. The Morgan fingerprint density at radius 3 is 1.93 bits per heavy atom. The second kappa shape index (κ2) is 10.8. The first-order valence-corrected chi connectivity index (χ1v) is 8.37. The van der Waals surface area contributed by atoms with Gasteiger partial charge in [0.05, 0.1) is 12.2 Å². The summed E-state index contributed by atoms with van der Waals surface area (Å²) in [5, 5.41) is 18.1. The molecule has 27 heavy (non-hydrogen) atoms. The molecular formula is C20H24O7. The first-order valence-electron chi connectivity index (χ1n) is 8.37. The van der Waals surface area contributed by atoms with Gasteiger partial charge >= 0.3 is 11.9 Å². The number of phenols is 1. The van der Waals surface area contributed by atoms with E-state index in [9.17, 15) is 14.7 Å². The molecule has 0 aromatic heterocycles. The zero-order valence-corrected chi connectivity index (χ0v) is 15.7. The van der Waals surface area contributed by atoms with Crippen LogP contribution in [0.2, 0.25) is 0 Å². The maximum atomic E-state index is 11.3. The predicted molar refractivity (Wildman–Crippen MR) is 98.9 cm³/mol. The van der Waals surface area contributed by atoms with E-state index in [1.165, 1.54) is 18.2 Å². The number of carbonyl (C=O) groups is 2. The van der Waals surface area contributed by atoms with Gasteiger partial charge in [-0.3, -0.25) is 0 Å². The van der Waals surface area contributed by atoms with Crippen molar-refractivity contribution >= 4 is 11.9 Å². The van der Waals surface area contributed by atoms with Crippen molar-refractivity contribution < 1.29 is 34.3 Å². The van der Waals surface area contributed by atoms with Gasteiger partial charge < -0.3 is 19.8 Å². The number of para-hydroxylation sites is 2. The molecule has 0 aliphatic rings. The second-order valence-corrected chi connectivity index (χ2v) is 6.00. The summed E-state index contributed by atoms with van der Waals surface area (Å²) in [6.07, 6.45) is -0.288. The summed E-state index contributed by atoms with van der Waals surface area (Å²) < 4.78 is 4.92. The smallest absolute Gasteiger partial charge is 0.342 e. The largest absolute Gasteiger partial charge is 0.507 e. The zero-order valence-electron chi connectivity index (χ0n) is 15.7. The quantitative estimate of drug-likeness (QED) is 0.445. The summed E-state index contributed by atoms with van der Waals surface area (Å²) in [5.41, 5.74) is 0.296. The molecule has 0 aliphatic heterocycles. The van der Waals surface area contributed by atoms with E-state index in [0.29, 0.717) is 0 Å². The number of carboxylic acids is 1. The third kappa shape index (κ3) is 7.79. The number of aromatic hydroxyl groups is 1. The Kier molecular flexibility index (Phi) is 8.81. The molecular weight excluding hydrogens is 352 g/mol. The van der Waals surface area contributed by atoms with Crippen LogP contribution in [-0.2, 0) is 9.62 Å². The molecule has 146 valence electrons. The molecule has 2 aromatic rings. The van der Waals surface area contributed by atoms with E-state index in [-0.39, 0.29) is 34.8 Å². The summed E-state index contributed by atoms with van der Waals surface area (Å²) in [7, 11) is 0. The van der Waals surface area contributed by atoms with Gasteiger partial charge in [0.2, 0.25) is 0 Å². The number of aromatic carboxylic acids is 1. The molecule has 2 rings (SSSR count). The van der Waals surface area contributed by atoms with Crippen LogP contribution in [0.4, 0.5) is 0 Å². The maximum absolute atomic E-state index is 11.3. The molecule has 0 atom stereocenters. The molecule has 2 aromatic carbocycles. The summed E-state index contributed by atoms with van der Waals surface area (Å²) in [6, 6.07) is 12.6. The molecule has 0 amide bonds. The fourth-order valence-electron chi connectivity index (χ4n) is 1.79. The summed E-state index contributed by atoms with van der Waals surface area (Å²) in [6.45, 7) is 7.11. The zero-order chi connectivity index (χ0) is 20.4. The summed E-state index contributed by atoms with van der Waals surface area (Å²) >= 11 is 0. The Morgan fingerprint density at radius 2 is 1.41 bits per heavy atom. The van der Waals surface area contributed by atoms with Crippen LogP contribution < -0.4 is 4.89 Å². The second-order valence-electron chi connectivity index (χ2n) is 6.00. The molecule has 2 N–H and O–H groups in total. The normalized spacial score (nSPS) is 10.1. The number of benzene rings is 2. The number of ether oxygens (including phenoxy) is 1. The fourth-order valence-corrected chi connectivity index (χ4v) is 1.79. The minimum Gasteiger partial charge on any atom is -0.507 e. The lowest BCUT2D eigenvalue weighted by Gasteiger charge is -2.09. The third-order valence-corrected chi connectivity index (χ3v) is 2.91. The summed E-state index contributed by atoms with van der Waals surface area (Å²) in [4.78, 5) is 31.8. The van der Waals surface area contributed by atoms with Crippen LogP contribution in [0.15, 0.2) is 48.5 Å². The summed E-state index contributed by atoms with van der Waals surface area (Å²) in [5.74, 6) is -1.36. The lowest BCUT2D eigenvalue weighted by Crippen LogP contribution is -2.11. The predicted octanol–water partition coefficient (Wildman–Crippen LogP) is 4.06. The number of carboxylic acid groups (broad SMARTS) is 1. The van der Waals surface area contributed by atoms with Crippen LogP contribution in [-0.4, -0.2) is 34.4 Å². The van der Waals surface area contributed by atoms with E-state index in [0.717, 1.165) is 0 Å². The van der Waals surface area contributed by atoms with Gasteiger partial charge in [0.1, 0.15) is 16.9 Å². The SMILES string of the molecule is CC(C)OC(=O)c1ccccc1O.CC(C)OOc1ccccc1C(=O)O. The fraction of sp³-hybridized carbons (Fsp3) is 0.300. The average molecular weight is 376 g/mol. The molecule has 0 aliphatic carbocycles. The highest BCUT2D eigenvalue weighted by Gasteiger charge is 2.12. The molecule has 0 unspecified atom stereocenters. The Morgan fingerprint density at radius 1 is 0.852 bits per heavy atom. The number of hydrogen-bond acceptors (Lipinski definition) is 6. The van der Waals surface area contributed by atoms with Crippen molar-refractivity contribution in [2.75, 3.05) is 0 Å². The third-order valence-electron chi connectivity index (χ3n) is 2.91. The Hall–Kier alpha value is -3.06. The van der Waals surface area contributed by atoms with E-state index in [1.807, 2.05) is 0 Å². The van der Waals surface area contributed by atoms with Crippen molar-refractivity contribution in [3.05, 3.63) is 59.7 Å². The molecule has 7 nitrogen and oxygen atoms in total. The number of hydrogen-bond donors (Lipinski definition) is 2. The van der Waals surface area contributed by atoms with E-state index in [1.54, 1.807) is 58.0 Å². The van der Waals surface area contributed by atoms with Crippen molar-refractivity contribution in [3.8, 4) is 11.5 Å². The van der Waals surface area contributed by atoms with Crippen LogP contribution >= 0.6 is 0 Å². The maximum Gasteiger partial charge on any atom is 0.342 e. The molecule has 0 saturated heterocycles. The van der Waals surface area contributed by atoms with Gasteiger partial charge in [-0.15, -0.1) is 0 Å². The highest BCUT2D eigenvalue weighted by Crippen LogP contribution is 2.18. The van der Waals surface area contributed by atoms with Gasteiger partial charge in [0, 0.05) is 0 Å². The Bertz CT molecular complexity index is 754. The molecule has 0 radical (unpaired) electrons. The van der Waals surface area contributed by atoms with Crippen molar-refractivity contribution in [3.63, 3.8) is 0 Å². The average Bonchev–Trinajstić information content (AvgIpc) is 2.60. The molecule has 0 saturated carbocycles. The van der Waals surface area contributed by atoms with Crippen molar-refractivity contribution in [2.24, 2.45) is 0 Å². The van der Waals surface area contributed by atoms with E-state index < -0.39 is 11.9 Å². The molecule has 0 fully saturated rings. The van der Waals surface area contributed by atoms with Gasteiger partial charge in [-0.25, -0.2) is 9.59 Å². The molecule has 0 spiro atoms. The van der Waals surface area contributed by atoms with Crippen molar-refractivity contribution in [1.29, 1.82) is 0 Å². The lowest BCUT2D eigenvalue weighted by atomic mass is 10.2. The molecule has 0 bridgehead atoms. The van der Waals surface area contributed by atoms with Gasteiger partial charge in [-0.2, -0.15) is 4.89 Å². The number of esters is 1. The molecule has 7 heteroatoms. The van der Waals surface area contributed by atoms with Crippen LogP contribution in [0.5, 0.6) is 11.5 Å². The van der Waals surface area contributed by atoms with Gasteiger partial charge in [0.25, 0.3) is 0 Å². The minimum absolute atomic E-state index is 0.0480. The van der Waals surface area contributed by atoms with Gasteiger partial charge in [-0.1, -0.05) is 24.3 Å². The highest BCUT2D eigenvalue weighted by molar-refractivity contribution is 5.92. The van der Waals surface area contributed by atoms with Crippen LogP contribution in [0.1, 0.15) is 48.4 Å². The van der Waals surface area contributed by atoms with Crippen molar-refractivity contribution in [1.82, 2.24) is 0 Å². The first-order chi connectivity index (χ1) is 12.7. The van der Waals surface area contributed by atoms with Crippen molar-refractivity contribution in [2.45, 2.75) is 39.9 Å². The number of rotatable bonds is 6. The van der Waals surface area contributed by atoms with E-state index in [2.05, 4.69) is 0 Å². The van der Waals surface area contributed by atoms with Crippen LogP contribution in [0, 0.1) is 0 Å². The van der Waals surface area contributed by atoms with E-state index >= 15 is 0 Å². The first kappa shape index (κ1) is 22.0. The monoisotopic (exact) mass is 376 g/mol. The number of carbonyl (C=O) groups excluding carboxylic acids is 1. The van der Waals surface area contributed by atoms with Gasteiger partial charge in [-0.05, 0) is 52.0 Å². The Balaban J connectivity index is 0.000000271. The Labute approximate surface area is 158 Å². The van der Waals surface area contributed by atoms with E-state index in [4.69, 9.17) is 19.6 Å². The van der Waals surface area contributed by atoms with Gasteiger partial charge in [0.15, 0.2) is 5.75 Å². The number of phenolic OH excluding ortho intramolecular Hbond substituents is 1. The lowest BCUT2D eigenvalue weighted by molar-refractivity contribution is -0.234. The van der Waals surface area contributed by atoms with Crippen LogP contribution in [0.25, 0.3) is 0 Å². The highest BCUT2D eigenvalue weighted by atomic mass is 17.2.